The largest absolute Gasteiger partial charge is 0.490 e. The minimum absolute atomic E-state index is 0.265. The summed E-state index contributed by atoms with van der Waals surface area (Å²) in [6.07, 6.45) is 1.62. The average molecular weight is 334 g/mol. The Hall–Kier alpha value is -3.34. The second kappa shape index (κ2) is 8.49. The first-order valence-electron chi connectivity index (χ1n) is 7.95. The number of rotatable bonds is 7. The van der Waals surface area contributed by atoms with E-state index in [-0.39, 0.29) is 5.91 Å². The quantitative estimate of drug-likeness (QED) is 0.668. The Labute approximate surface area is 146 Å². The van der Waals surface area contributed by atoms with Gasteiger partial charge in [0.1, 0.15) is 30.5 Å². The Bertz CT molecular complexity index is 807. The molecule has 5 nitrogen and oxygen atoms in total. The van der Waals surface area contributed by atoms with Gasteiger partial charge in [0.25, 0.3) is 5.91 Å². The molecule has 0 aliphatic rings. The molecule has 0 bridgehead atoms. The molecule has 126 valence electrons. The number of para-hydroxylation sites is 2. The highest BCUT2D eigenvalue weighted by molar-refractivity contribution is 6.05. The predicted octanol–water partition coefficient (Wildman–Crippen LogP) is 3.79. The Morgan fingerprint density at radius 3 is 2.36 bits per heavy atom. The second-order valence-electron chi connectivity index (χ2n) is 5.18. The molecule has 1 heterocycles. The summed E-state index contributed by atoms with van der Waals surface area (Å²) in [5.41, 5.74) is 0.452. The van der Waals surface area contributed by atoms with Gasteiger partial charge in [-0.2, -0.15) is 0 Å². The fourth-order valence-corrected chi connectivity index (χ4v) is 2.23. The zero-order valence-electron chi connectivity index (χ0n) is 13.6. The lowest BCUT2D eigenvalue weighted by Crippen LogP contribution is -2.16. The maximum absolute atomic E-state index is 12.4. The molecule has 1 amide bonds. The molecule has 0 saturated carbocycles. The highest BCUT2D eigenvalue weighted by atomic mass is 16.5. The van der Waals surface area contributed by atoms with Gasteiger partial charge in [-0.05, 0) is 36.4 Å². The van der Waals surface area contributed by atoms with Gasteiger partial charge in [0.2, 0.25) is 0 Å². The number of pyridine rings is 1. The third kappa shape index (κ3) is 4.81. The molecule has 2 aromatic carbocycles. The summed E-state index contributed by atoms with van der Waals surface area (Å²) in [7, 11) is 0. The van der Waals surface area contributed by atoms with Gasteiger partial charge >= 0.3 is 0 Å². The molecule has 25 heavy (non-hydrogen) atoms. The summed E-state index contributed by atoms with van der Waals surface area (Å²) in [6, 6.07) is 21.9. The molecular weight excluding hydrogens is 316 g/mol. The second-order valence-corrected chi connectivity index (χ2v) is 5.18. The summed E-state index contributed by atoms with van der Waals surface area (Å²) in [4.78, 5) is 16.5. The Balaban J connectivity index is 1.58. The molecule has 3 rings (SSSR count). The number of anilines is 1. The minimum Gasteiger partial charge on any atom is -0.490 e. The van der Waals surface area contributed by atoms with E-state index in [0.717, 1.165) is 5.75 Å². The van der Waals surface area contributed by atoms with E-state index in [2.05, 4.69) is 10.3 Å². The monoisotopic (exact) mass is 334 g/mol. The van der Waals surface area contributed by atoms with Crippen LogP contribution in [-0.2, 0) is 0 Å². The van der Waals surface area contributed by atoms with Gasteiger partial charge in [0.15, 0.2) is 0 Å². The summed E-state index contributed by atoms with van der Waals surface area (Å²) in [5.74, 6) is 1.52. The van der Waals surface area contributed by atoms with E-state index in [1.54, 1.807) is 36.5 Å². The number of nitrogens with one attached hydrogen (secondary N) is 1. The summed E-state index contributed by atoms with van der Waals surface area (Å²) in [5, 5.41) is 2.75. The number of hydrogen-bond acceptors (Lipinski definition) is 4. The van der Waals surface area contributed by atoms with Crippen molar-refractivity contribution in [3.8, 4) is 11.5 Å². The first kappa shape index (κ1) is 16.5. The van der Waals surface area contributed by atoms with Gasteiger partial charge in [-0.25, -0.2) is 4.98 Å². The maximum atomic E-state index is 12.4. The summed E-state index contributed by atoms with van der Waals surface area (Å²) >= 11 is 0. The summed E-state index contributed by atoms with van der Waals surface area (Å²) in [6.45, 7) is 0.725. The third-order valence-corrected chi connectivity index (χ3v) is 3.39. The van der Waals surface area contributed by atoms with Crippen LogP contribution in [0.1, 0.15) is 10.4 Å². The van der Waals surface area contributed by atoms with Gasteiger partial charge in [0, 0.05) is 6.20 Å². The van der Waals surface area contributed by atoms with Gasteiger partial charge in [0.05, 0.1) is 5.56 Å². The van der Waals surface area contributed by atoms with Crippen molar-refractivity contribution in [3.63, 3.8) is 0 Å². The van der Waals surface area contributed by atoms with Gasteiger partial charge < -0.3 is 14.8 Å². The van der Waals surface area contributed by atoms with Crippen LogP contribution >= 0.6 is 0 Å². The number of hydrogen-bond donors (Lipinski definition) is 1. The smallest absolute Gasteiger partial charge is 0.260 e. The first-order valence-corrected chi connectivity index (χ1v) is 7.95. The van der Waals surface area contributed by atoms with Crippen LogP contribution in [0.5, 0.6) is 11.5 Å². The molecule has 0 aliphatic heterocycles. The number of carbonyl (C=O) groups is 1. The Kier molecular flexibility index (Phi) is 5.61. The number of benzene rings is 2. The van der Waals surface area contributed by atoms with Gasteiger partial charge in [-0.1, -0.05) is 36.4 Å². The van der Waals surface area contributed by atoms with E-state index >= 15 is 0 Å². The summed E-state index contributed by atoms with van der Waals surface area (Å²) < 4.78 is 11.3. The molecule has 0 aliphatic carbocycles. The highest BCUT2D eigenvalue weighted by Gasteiger charge is 2.12. The Morgan fingerprint density at radius 1 is 0.840 bits per heavy atom. The molecular formula is C20H18N2O3. The lowest BCUT2D eigenvalue weighted by molar-refractivity contribution is 0.102. The topological polar surface area (TPSA) is 60.5 Å². The molecule has 0 unspecified atom stereocenters. The van der Waals surface area contributed by atoms with Crippen LogP contribution < -0.4 is 14.8 Å². The maximum Gasteiger partial charge on any atom is 0.260 e. The van der Waals surface area contributed by atoms with E-state index < -0.39 is 0 Å². The van der Waals surface area contributed by atoms with Gasteiger partial charge in [-0.3, -0.25) is 4.79 Å². The average Bonchev–Trinajstić information content (AvgIpc) is 2.67. The van der Waals surface area contributed by atoms with E-state index in [4.69, 9.17) is 9.47 Å². The Morgan fingerprint density at radius 2 is 1.56 bits per heavy atom. The van der Waals surface area contributed by atoms with E-state index in [1.807, 2.05) is 42.5 Å². The van der Waals surface area contributed by atoms with Crippen molar-refractivity contribution in [2.75, 3.05) is 18.5 Å². The van der Waals surface area contributed by atoms with Crippen molar-refractivity contribution in [2.45, 2.75) is 0 Å². The van der Waals surface area contributed by atoms with Crippen LogP contribution in [0.25, 0.3) is 0 Å². The molecule has 1 aromatic heterocycles. The van der Waals surface area contributed by atoms with Crippen molar-refractivity contribution in [1.82, 2.24) is 4.98 Å². The van der Waals surface area contributed by atoms with Crippen LogP contribution in [0.3, 0.4) is 0 Å². The van der Waals surface area contributed by atoms with Crippen molar-refractivity contribution < 1.29 is 14.3 Å². The number of carbonyl (C=O) groups excluding carboxylic acids is 1. The van der Waals surface area contributed by atoms with E-state index in [9.17, 15) is 4.79 Å². The molecule has 0 saturated heterocycles. The van der Waals surface area contributed by atoms with Crippen molar-refractivity contribution >= 4 is 11.7 Å². The molecule has 0 radical (unpaired) electrons. The number of aromatic nitrogens is 1. The first-order chi connectivity index (χ1) is 12.3. The van der Waals surface area contributed by atoms with Gasteiger partial charge in [-0.15, -0.1) is 0 Å². The normalized spacial score (nSPS) is 10.1. The molecule has 0 atom stereocenters. The van der Waals surface area contributed by atoms with Crippen molar-refractivity contribution in [1.29, 1.82) is 0 Å². The van der Waals surface area contributed by atoms with Crippen LogP contribution in [0.2, 0.25) is 0 Å². The molecule has 5 heteroatoms. The SMILES string of the molecule is O=C(Nc1ccccn1)c1ccccc1OCCOc1ccccc1. The molecule has 0 fully saturated rings. The molecule has 0 spiro atoms. The lowest BCUT2D eigenvalue weighted by Gasteiger charge is -2.12. The van der Waals surface area contributed by atoms with E-state index in [0.29, 0.717) is 30.3 Å². The third-order valence-electron chi connectivity index (χ3n) is 3.39. The van der Waals surface area contributed by atoms with Crippen molar-refractivity contribution in [2.24, 2.45) is 0 Å². The van der Waals surface area contributed by atoms with Crippen LogP contribution in [-0.4, -0.2) is 24.1 Å². The zero-order chi connectivity index (χ0) is 17.3. The van der Waals surface area contributed by atoms with Crippen LogP contribution in [0, 0.1) is 0 Å². The fraction of sp³-hybridized carbons (Fsp3) is 0.100. The minimum atomic E-state index is -0.265. The van der Waals surface area contributed by atoms with Crippen LogP contribution in [0.4, 0.5) is 5.82 Å². The number of ether oxygens (including phenoxy) is 2. The highest BCUT2D eigenvalue weighted by Crippen LogP contribution is 2.19. The lowest BCUT2D eigenvalue weighted by atomic mass is 10.2. The van der Waals surface area contributed by atoms with E-state index in [1.165, 1.54) is 0 Å². The predicted molar refractivity (Wildman–Crippen MR) is 96.1 cm³/mol. The molecule has 1 N–H and O–H groups in total. The standard InChI is InChI=1S/C20H18N2O3/c23-20(22-19-12-6-7-13-21-19)17-10-4-5-11-18(17)25-15-14-24-16-8-2-1-3-9-16/h1-13H,14-15H2,(H,21,22,23). The number of nitrogens with zero attached hydrogens (tertiary/aromatic N) is 1. The number of amides is 1. The van der Waals surface area contributed by atoms with Crippen LogP contribution in [0.15, 0.2) is 79.0 Å². The molecule has 3 aromatic rings. The zero-order valence-corrected chi connectivity index (χ0v) is 13.6. The fourth-order valence-electron chi connectivity index (χ4n) is 2.23. The van der Waals surface area contributed by atoms with Crippen molar-refractivity contribution in [3.05, 3.63) is 84.6 Å².